The minimum atomic E-state index is -0.365. The first-order valence-electron chi connectivity index (χ1n) is 9.76. The largest absolute Gasteiger partial charge is 0.497 e. The molecule has 0 aliphatic heterocycles. The molecule has 0 aromatic heterocycles. The van der Waals surface area contributed by atoms with Crippen LogP contribution in [-0.4, -0.2) is 49.5 Å². The van der Waals surface area contributed by atoms with Crippen LogP contribution in [0.2, 0.25) is 0 Å². The van der Waals surface area contributed by atoms with Crippen LogP contribution < -0.4 is 15.4 Å². The van der Waals surface area contributed by atoms with Gasteiger partial charge in [-0.05, 0) is 56.5 Å². The molecule has 1 fully saturated rings. The molecule has 1 aliphatic rings. The zero-order valence-electron chi connectivity index (χ0n) is 17.1. The second-order valence-electron chi connectivity index (χ2n) is 7.75. The van der Waals surface area contributed by atoms with Gasteiger partial charge >= 0.3 is 0 Å². The van der Waals surface area contributed by atoms with Crippen molar-refractivity contribution in [3.8, 4) is 5.75 Å². The zero-order chi connectivity index (χ0) is 20.0. The fraction of sp³-hybridized carbons (Fsp3) is 0.619. The molecule has 2 rings (SSSR count). The van der Waals surface area contributed by atoms with Gasteiger partial charge in [0.1, 0.15) is 5.75 Å². The molecule has 1 aromatic carbocycles. The summed E-state index contributed by atoms with van der Waals surface area (Å²) < 4.78 is 5.11. The third-order valence-electron chi connectivity index (χ3n) is 5.84. The van der Waals surface area contributed by atoms with Crippen molar-refractivity contribution in [1.29, 1.82) is 0 Å². The van der Waals surface area contributed by atoms with Gasteiger partial charge in [0.15, 0.2) is 0 Å². The number of carbonyl (C=O) groups is 2. The maximum absolute atomic E-state index is 12.6. The van der Waals surface area contributed by atoms with Gasteiger partial charge in [-0.25, -0.2) is 0 Å². The summed E-state index contributed by atoms with van der Waals surface area (Å²) in [6.45, 7) is 6.46. The van der Waals surface area contributed by atoms with Crippen molar-refractivity contribution in [2.45, 2.75) is 52.1 Å². The second kappa shape index (κ2) is 9.74. The number of carbonyl (C=O) groups excluding carboxylic acids is 2. The Labute approximate surface area is 162 Å². The normalized spacial score (nSPS) is 23.6. The third-order valence-corrected chi connectivity index (χ3v) is 5.84. The highest BCUT2D eigenvalue weighted by atomic mass is 16.5. The van der Waals surface area contributed by atoms with E-state index < -0.39 is 0 Å². The average Bonchev–Trinajstić information content (AvgIpc) is 2.65. The molecule has 1 aliphatic carbocycles. The van der Waals surface area contributed by atoms with Crippen LogP contribution in [0.1, 0.15) is 40.0 Å². The molecule has 27 heavy (non-hydrogen) atoms. The molecule has 0 spiro atoms. The Morgan fingerprint density at radius 3 is 2.52 bits per heavy atom. The van der Waals surface area contributed by atoms with Crippen LogP contribution in [0, 0.1) is 11.8 Å². The van der Waals surface area contributed by atoms with Crippen molar-refractivity contribution in [2.24, 2.45) is 11.8 Å². The summed E-state index contributed by atoms with van der Waals surface area (Å²) in [5.74, 6) is 1.69. The fourth-order valence-corrected chi connectivity index (χ4v) is 3.53. The summed E-state index contributed by atoms with van der Waals surface area (Å²) in [6, 6.07) is 7.03. The number of benzene rings is 1. The summed E-state index contributed by atoms with van der Waals surface area (Å²) in [5.41, 5.74) is 0.705. The lowest BCUT2D eigenvalue weighted by Gasteiger charge is -2.36. The molecule has 0 saturated heterocycles. The summed E-state index contributed by atoms with van der Waals surface area (Å²) in [6.07, 6.45) is 3.42. The van der Waals surface area contributed by atoms with Crippen molar-refractivity contribution >= 4 is 17.5 Å². The summed E-state index contributed by atoms with van der Waals surface area (Å²) in [7, 11) is 3.40. The molecule has 0 unspecified atom stereocenters. The lowest BCUT2D eigenvalue weighted by molar-refractivity contribution is -0.127. The lowest BCUT2D eigenvalue weighted by Crippen LogP contribution is -2.51. The minimum absolute atomic E-state index is 0.0132. The number of hydrogen-bond acceptors (Lipinski definition) is 4. The first kappa shape index (κ1) is 21.2. The van der Waals surface area contributed by atoms with E-state index in [1.165, 1.54) is 6.42 Å². The van der Waals surface area contributed by atoms with Crippen LogP contribution in [0.5, 0.6) is 5.75 Å². The molecular formula is C21H33N3O3. The van der Waals surface area contributed by atoms with Crippen LogP contribution >= 0.6 is 0 Å². The highest BCUT2D eigenvalue weighted by Crippen LogP contribution is 2.29. The molecule has 4 atom stereocenters. The van der Waals surface area contributed by atoms with Crippen LogP contribution in [-0.2, 0) is 9.59 Å². The lowest BCUT2D eigenvalue weighted by atomic mass is 9.78. The van der Waals surface area contributed by atoms with Crippen molar-refractivity contribution < 1.29 is 14.3 Å². The van der Waals surface area contributed by atoms with Crippen molar-refractivity contribution in [3.63, 3.8) is 0 Å². The molecule has 0 heterocycles. The van der Waals surface area contributed by atoms with E-state index >= 15 is 0 Å². The number of likely N-dealkylation sites (N-methyl/N-ethyl adjacent to an activating group) is 1. The van der Waals surface area contributed by atoms with Gasteiger partial charge in [-0.15, -0.1) is 0 Å². The van der Waals surface area contributed by atoms with E-state index in [1.54, 1.807) is 43.3 Å². The predicted molar refractivity (Wildman–Crippen MR) is 108 cm³/mol. The number of nitrogens with zero attached hydrogens (tertiary/aromatic N) is 1. The fourth-order valence-electron chi connectivity index (χ4n) is 3.53. The molecule has 2 amide bonds. The molecule has 0 radical (unpaired) electrons. The van der Waals surface area contributed by atoms with E-state index in [2.05, 4.69) is 24.5 Å². The number of anilines is 1. The SMILES string of the molecule is COc1ccc(NC(=O)CN(C)[C@H](C)C(=O)N[C@H]2CCC[C@@H](C)[C@H]2C)cc1. The minimum Gasteiger partial charge on any atom is -0.497 e. The Bertz CT molecular complexity index is 632. The third kappa shape index (κ3) is 5.96. The van der Waals surface area contributed by atoms with E-state index in [4.69, 9.17) is 4.74 Å². The van der Waals surface area contributed by atoms with E-state index in [9.17, 15) is 9.59 Å². The smallest absolute Gasteiger partial charge is 0.238 e. The first-order valence-corrected chi connectivity index (χ1v) is 9.76. The molecule has 2 N–H and O–H groups in total. The zero-order valence-corrected chi connectivity index (χ0v) is 17.1. The summed E-state index contributed by atoms with van der Waals surface area (Å²) in [4.78, 5) is 26.7. The van der Waals surface area contributed by atoms with Gasteiger partial charge in [0.25, 0.3) is 0 Å². The molecule has 1 saturated carbocycles. The molecule has 6 nitrogen and oxygen atoms in total. The summed E-state index contributed by atoms with van der Waals surface area (Å²) in [5, 5.41) is 6.03. The maximum atomic E-state index is 12.6. The van der Waals surface area contributed by atoms with Gasteiger partial charge in [0.05, 0.1) is 19.7 Å². The van der Waals surface area contributed by atoms with E-state index in [-0.39, 0.29) is 30.4 Å². The Kier molecular flexibility index (Phi) is 7.66. The number of amides is 2. The van der Waals surface area contributed by atoms with Crippen molar-refractivity contribution in [2.75, 3.05) is 26.0 Å². The van der Waals surface area contributed by atoms with Crippen LogP contribution in [0.15, 0.2) is 24.3 Å². The van der Waals surface area contributed by atoms with Crippen LogP contribution in [0.3, 0.4) is 0 Å². The quantitative estimate of drug-likeness (QED) is 0.769. The summed E-state index contributed by atoms with van der Waals surface area (Å²) >= 11 is 0. The van der Waals surface area contributed by atoms with Crippen LogP contribution in [0.25, 0.3) is 0 Å². The highest BCUT2D eigenvalue weighted by Gasteiger charge is 2.30. The van der Waals surface area contributed by atoms with Gasteiger partial charge in [-0.2, -0.15) is 0 Å². The van der Waals surface area contributed by atoms with E-state index in [0.717, 1.165) is 18.6 Å². The molecule has 1 aromatic rings. The van der Waals surface area contributed by atoms with Gasteiger partial charge in [0, 0.05) is 11.7 Å². The number of nitrogens with one attached hydrogen (secondary N) is 2. The molecular weight excluding hydrogens is 342 g/mol. The van der Waals surface area contributed by atoms with Gasteiger partial charge in [0.2, 0.25) is 11.8 Å². The van der Waals surface area contributed by atoms with Crippen molar-refractivity contribution in [1.82, 2.24) is 10.2 Å². The van der Waals surface area contributed by atoms with Gasteiger partial charge in [-0.1, -0.05) is 26.7 Å². The molecule has 150 valence electrons. The Balaban J connectivity index is 1.83. The van der Waals surface area contributed by atoms with Crippen LogP contribution in [0.4, 0.5) is 5.69 Å². The van der Waals surface area contributed by atoms with Gasteiger partial charge in [-0.3, -0.25) is 14.5 Å². The van der Waals surface area contributed by atoms with Crippen molar-refractivity contribution in [3.05, 3.63) is 24.3 Å². The average molecular weight is 376 g/mol. The monoisotopic (exact) mass is 375 g/mol. The number of methoxy groups -OCH3 is 1. The highest BCUT2D eigenvalue weighted by molar-refractivity contribution is 5.92. The Hall–Kier alpha value is -2.08. The Morgan fingerprint density at radius 2 is 1.89 bits per heavy atom. The van der Waals surface area contributed by atoms with Gasteiger partial charge < -0.3 is 15.4 Å². The number of hydrogen-bond donors (Lipinski definition) is 2. The first-order chi connectivity index (χ1) is 12.8. The number of rotatable bonds is 7. The topological polar surface area (TPSA) is 70.7 Å². The predicted octanol–water partition coefficient (Wildman–Crippen LogP) is 2.89. The second-order valence-corrected chi connectivity index (χ2v) is 7.75. The maximum Gasteiger partial charge on any atom is 0.238 e. The number of ether oxygens (including phenoxy) is 1. The molecule has 0 bridgehead atoms. The van der Waals surface area contributed by atoms with E-state index in [0.29, 0.717) is 17.5 Å². The van der Waals surface area contributed by atoms with E-state index in [1.807, 2.05) is 6.92 Å². The Morgan fingerprint density at radius 1 is 1.22 bits per heavy atom. The molecule has 6 heteroatoms. The standard InChI is InChI=1S/C21H33N3O3/c1-14-7-6-8-19(15(14)2)23-21(26)16(3)24(4)13-20(25)22-17-9-11-18(27-5)12-10-17/h9-12,14-16,19H,6-8,13H2,1-5H3,(H,22,25)(H,23,26)/t14-,15-,16-,19+/m1/s1.